The van der Waals surface area contributed by atoms with Crippen molar-refractivity contribution >= 4 is 12.1 Å². The summed E-state index contributed by atoms with van der Waals surface area (Å²) in [6.07, 6.45) is 3.55. The van der Waals surface area contributed by atoms with Crippen molar-refractivity contribution in [3.63, 3.8) is 0 Å². The van der Waals surface area contributed by atoms with Crippen molar-refractivity contribution in [3.05, 3.63) is 0 Å². The van der Waals surface area contributed by atoms with E-state index in [2.05, 4.69) is 0 Å². The zero-order valence-corrected chi connectivity index (χ0v) is 6.17. The fourth-order valence-corrected chi connectivity index (χ4v) is 1.43. The van der Waals surface area contributed by atoms with Crippen molar-refractivity contribution in [2.75, 3.05) is 0 Å². The minimum Gasteiger partial charge on any atom is -0.303 e. The standard InChI is InChI=1S/C8H12O2/c1-6-3-2-4-7(5-9)8(6)10/h5-7H,2-4H2,1H3. The molecule has 1 aliphatic rings. The molecule has 1 saturated carbocycles. The molecule has 56 valence electrons. The van der Waals surface area contributed by atoms with Gasteiger partial charge in [-0.15, -0.1) is 0 Å². The van der Waals surface area contributed by atoms with Gasteiger partial charge in [0, 0.05) is 5.92 Å². The highest BCUT2D eigenvalue weighted by atomic mass is 16.1. The zero-order chi connectivity index (χ0) is 7.56. The van der Waals surface area contributed by atoms with Crippen LogP contribution in [0.1, 0.15) is 26.2 Å². The Morgan fingerprint density at radius 3 is 2.70 bits per heavy atom. The van der Waals surface area contributed by atoms with Crippen LogP contribution in [0.3, 0.4) is 0 Å². The summed E-state index contributed by atoms with van der Waals surface area (Å²) in [6, 6.07) is 0. The average molecular weight is 140 g/mol. The Hall–Kier alpha value is -0.660. The summed E-state index contributed by atoms with van der Waals surface area (Å²) < 4.78 is 0. The molecule has 0 saturated heterocycles. The quantitative estimate of drug-likeness (QED) is 0.405. The Kier molecular flexibility index (Phi) is 2.20. The zero-order valence-electron chi connectivity index (χ0n) is 6.17. The minimum absolute atomic E-state index is 0.115. The van der Waals surface area contributed by atoms with E-state index in [0.717, 1.165) is 25.5 Å². The maximum Gasteiger partial charge on any atom is 0.145 e. The highest BCUT2D eigenvalue weighted by Crippen LogP contribution is 2.23. The van der Waals surface area contributed by atoms with E-state index in [-0.39, 0.29) is 17.6 Å². The predicted octanol–water partition coefficient (Wildman–Crippen LogP) is 1.19. The molecule has 0 N–H and O–H groups in total. The molecule has 0 aromatic heterocycles. The van der Waals surface area contributed by atoms with Gasteiger partial charge in [0.2, 0.25) is 0 Å². The van der Waals surface area contributed by atoms with Crippen LogP contribution >= 0.6 is 0 Å². The fraction of sp³-hybridized carbons (Fsp3) is 0.750. The monoisotopic (exact) mass is 140 g/mol. The van der Waals surface area contributed by atoms with Crippen LogP contribution in [0.5, 0.6) is 0 Å². The summed E-state index contributed by atoms with van der Waals surface area (Å²) in [7, 11) is 0. The summed E-state index contributed by atoms with van der Waals surface area (Å²) in [5.41, 5.74) is 0. The van der Waals surface area contributed by atoms with Crippen molar-refractivity contribution in [3.8, 4) is 0 Å². The molecule has 2 heteroatoms. The molecule has 1 fully saturated rings. The van der Waals surface area contributed by atoms with Gasteiger partial charge in [0.05, 0.1) is 5.92 Å². The Balaban J connectivity index is 2.59. The van der Waals surface area contributed by atoms with Crippen LogP contribution in [0.4, 0.5) is 0 Å². The lowest BCUT2D eigenvalue weighted by molar-refractivity contribution is -0.132. The predicted molar refractivity (Wildman–Crippen MR) is 37.6 cm³/mol. The molecular weight excluding hydrogens is 128 g/mol. The highest BCUT2D eigenvalue weighted by Gasteiger charge is 2.27. The number of carbonyl (C=O) groups excluding carboxylic acids is 2. The van der Waals surface area contributed by atoms with Gasteiger partial charge in [-0.1, -0.05) is 13.3 Å². The van der Waals surface area contributed by atoms with E-state index in [1.807, 2.05) is 6.92 Å². The van der Waals surface area contributed by atoms with Crippen LogP contribution in [0.25, 0.3) is 0 Å². The van der Waals surface area contributed by atoms with Gasteiger partial charge in [-0.2, -0.15) is 0 Å². The first kappa shape index (κ1) is 7.45. The van der Waals surface area contributed by atoms with E-state index < -0.39 is 0 Å². The normalized spacial score (nSPS) is 33.9. The number of hydrogen-bond donors (Lipinski definition) is 0. The van der Waals surface area contributed by atoms with Crippen molar-refractivity contribution in [1.29, 1.82) is 0 Å². The van der Waals surface area contributed by atoms with Crippen molar-refractivity contribution in [2.45, 2.75) is 26.2 Å². The van der Waals surface area contributed by atoms with E-state index in [9.17, 15) is 9.59 Å². The molecule has 0 amide bonds. The maximum atomic E-state index is 11.1. The summed E-state index contributed by atoms with van der Waals surface area (Å²) in [6.45, 7) is 1.90. The smallest absolute Gasteiger partial charge is 0.145 e. The molecule has 0 aromatic rings. The SMILES string of the molecule is CC1CCCC(C=O)C1=O. The van der Waals surface area contributed by atoms with Crippen molar-refractivity contribution < 1.29 is 9.59 Å². The van der Waals surface area contributed by atoms with E-state index in [1.54, 1.807) is 0 Å². The van der Waals surface area contributed by atoms with Crippen LogP contribution in [0.15, 0.2) is 0 Å². The molecule has 2 atom stereocenters. The average Bonchev–Trinajstić information content (AvgIpc) is 1.95. The largest absolute Gasteiger partial charge is 0.303 e. The number of carbonyl (C=O) groups is 2. The van der Waals surface area contributed by atoms with Crippen LogP contribution < -0.4 is 0 Å². The Morgan fingerprint density at radius 2 is 2.20 bits per heavy atom. The van der Waals surface area contributed by atoms with Gasteiger partial charge < -0.3 is 4.79 Å². The molecule has 0 aromatic carbocycles. The van der Waals surface area contributed by atoms with Crippen molar-refractivity contribution in [1.82, 2.24) is 0 Å². The van der Waals surface area contributed by atoms with Crippen LogP contribution in [-0.4, -0.2) is 12.1 Å². The highest BCUT2D eigenvalue weighted by molar-refractivity contribution is 5.95. The van der Waals surface area contributed by atoms with Gasteiger partial charge in [0.25, 0.3) is 0 Å². The third kappa shape index (κ3) is 1.25. The third-order valence-corrected chi connectivity index (χ3v) is 2.17. The molecule has 0 heterocycles. The Morgan fingerprint density at radius 1 is 1.50 bits per heavy atom. The topological polar surface area (TPSA) is 34.1 Å². The first-order valence-corrected chi connectivity index (χ1v) is 3.74. The van der Waals surface area contributed by atoms with Crippen molar-refractivity contribution in [2.24, 2.45) is 11.8 Å². The molecule has 1 rings (SSSR count). The molecule has 2 nitrogen and oxygen atoms in total. The second-order valence-electron chi connectivity index (χ2n) is 2.98. The van der Waals surface area contributed by atoms with Gasteiger partial charge in [-0.3, -0.25) is 4.79 Å². The molecule has 1 aliphatic carbocycles. The third-order valence-electron chi connectivity index (χ3n) is 2.17. The summed E-state index contributed by atoms with van der Waals surface area (Å²) in [4.78, 5) is 21.4. The molecule has 0 aliphatic heterocycles. The number of aldehydes is 1. The number of hydrogen-bond acceptors (Lipinski definition) is 2. The lowest BCUT2D eigenvalue weighted by Crippen LogP contribution is -2.27. The van der Waals surface area contributed by atoms with Gasteiger partial charge >= 0.3 is 0 Å². The van der Waals surface area contributed by atoms with E-state index in [0.29, 0.717) is 0 Å². The van der Waals surface area contributed by atoms with Crippen LogP contribution in [0, 0.1) is 11.8 Å². The lowest BCUT2D eigenvalue weighted by atomic mass is 9.82. The molecular formula is C8H12O2. The maximum absolute atomic E-state index is 11.1. The second-order valence-corrected chi connectivity index (χ2v) is 2.98. The number of ketones is 1. The molecule has 2 unspecified atom stereocenters. The molecule has 0 bridgehead atoms. The molecule has 10 heavy (non-hydrogen) atoms. The number of Topliss-reactive ketones (excluding diaryl/α,β-unsaturated/α-hetero) is 1. The van der Waals surface area contributed by atoms with E-state index in [1.165, 1.54) is 0 Å². The van der Waals surface area contributed by atoms with Crippen LogP contribution in [-0.2, 0) is 9.59 Å². The van der Waals surface area contributed by atoms with E-state index in [4.69, 9.17) is 0 Å². The van der Waals surface area contributed by atoms with Crippen LogP contribution in [0.2, 0.25) is 0 Å². The number of rotatable bonds is 1. The second kappa shape index (κ2) is 2.95. The van der Waals surface area contributed by atoms with Gasteiger partial charge in [-0.25, -0.2) is 0 Å². The van der Waals surface area contributed by atoms with Gasteiger partial charge in [-0.05, 0) is 12.8 Å². The Labute approximate surface area is 60.6 Å². The summed E-state index contributed by atoms with van der Waals surface area (Å²) in [5.74, 6) is -0.0334. The summed E-state index contributed by atoms with van der Waals surface area (Å²) >= 11 is 0. The summed E-state index contributed by atoms with van der Waals surface area (Å²) in [5, 5.41) is 0. The Bertz CT molecular complexity index is 151. The lowest BCUT2D eigenvalue weighted by Gasteiger charge is -2.20. The first-order chi connectivity index (χ1) is 4.75. The van der Waals surface area contributed by atoms with Gasteiger partial charge in [0.15, 0.2) is 0 Å². The molecule has 0 spiro atoms. The fourth-order valence-electron chi connectivity index (χ4n) is 1.43. The van der Waals surface area contributed by atoms with E-state index >= 15 is 0 Å². The van der Waals surface area contributed by atoms with Gasteiger partial charge in [0.1, 0.15) is 12.1 Å². The molecule has 0 radical (unpaired) electrons. The minimum atomic E-state index is -0.288. The first-order valence-electron chi connectivity index (χ1n) is 3.74.